The summed E-state index contributed by atoms with van der Waals surface area (Å²) in [5.41, 5.74) is 21.0. The van der Waals surface area contributed by atoms with E-state index in [2.05, 4.69) is 260 Å². The van der Waals surface area contributed by atoms with Crippen LogP contribution in [0.3, 0.4) is 0 Å². The zero-order valence-electron chi connectivity index (χ0n) is 37.9. The van der Waals surface area contributed by atoms with Gasteiger partial charge in [-0.1, -0.05) is 208 Å². The van der Waals surface area contributed by atoms with E-state index in [1.807, 2.05) is 0 Å². The summed E-state index contributed by atoms with van der Waals surface area (Å²) in [7, 11) is 0. The molecule has 0 saturated carbocycles. The van der Waals surface area contributed by atoms with Gasteiger partial charge in [0.25, 0.3) is 0 Å². The summed E-state index contributed by atoms with van der Waals surface area (Å²) in [6, 6.07) is 80.2. The molecule has 1 aromatic heterocycles. The molecule has 2 heteroatoms. The predicted molar refractivity (Wildman–Crippen MR) is 281 cm³/mol. The molecule has 0 saturated heterocycles. The van der Waals surface area contributed by atoms with Crippen LogP contribution in [0.5, 0.6) is 0 Å². The van der Waals surface area contributed by atoms with Gasteiger partial charge in [-0.2, -0.15) is 0 Å². The van der Waals surface area contributed by atoms with Gasteiger partial charge < -0.3 is 9.47 Å². The van der Waals surface area contributed by atoms with Gasteiger partial charge in [-0.05, 0) is 122 Å². The molecular weight excluding hydrogens is 809 g/mol. The molecule has 2 heterocycles. The van der Waals surface area contributed by atoms with E-state index in [4.69, 9.17) is 0 Å². The van der Waals surface area contributed by atoms with Gasteiger partial charge in [0, 0.05) is 33.8 Å². The average Bonchev–Trinajstić information content (AvgIpc) is 4.01. The van der Waals surface area contributed by atoms with Gasteiger partial charge in [0.05, 0.1) is 22.5 Å². The Balaban J connectivity index is 0.951. The molecule has 0 fully saturated rings. The highest BCUT2D eigenvalue weighted by Crippen LogP contribution is 2.56. The van der Waals surface area contributed by atoms with Gasteiger partial charge in [-0.15, -0.1) is 0 Å². The van der Waals surface area contributed by atoms with E-state index in [1.165, 1.54) is 99.9 Å². The number of nitrogens with zero attached hydrogens (tertiary/aromatic N) is 2. The number of aromatic nitrogens is 1. The molecule has 2 nitrogen and oxygen atoms in total. The zero-order valence-corrected chi connectivity index (χ0v) is 37.9. The first-order valence-electron chi connectivity index (χ1n) is 23.9. The van der Waals surface area contributed by atoms with Crippen LogP contribution in [0.25, 0.3) is 60.9 Å². The Morgan fingerprint density at radius 3 is 1.76 bits per heavy atom. The van der Waals surface area contributed by atoms with E-state index >= 15 is 0 Å². The number of benzene rings is 9. The van der Waals surface area contributed by atoms with Crippen LogP contribution >= 0.6 is 0 Å². The number of rotatable bonds is 8. The van der Waals surface area contributed by atoms with E-state index < -0.39 is 5.41 Å². The number of anilines is 2. The molecule has 320 valence electrons. The fourth-order valence-corrected chi connectivity index (χ4v) is 12.0. The fourth-order valence-electron chi connectivity index (χ4n) is 12.0. The maximum absolute atomic E-state index is 2.56. The van der Waals surface area contributed by atoms with Crippen molar-refractivity contribution in [3.05, 3.63) is 270 Å². The number of hydrogen-bond donors (Lipinski definition) is 0. The molecule has 2 aliphatic carbocycles. The number of para-hydroxylation sites is 3. The molecule has 10 aromatic rings. The van der Waals surface area contributed by atoms with Gasteiger partial charge >= 0.3 is 0 Å². The van der Waals surface area contributed by atoms with Crippen molar-refractivity contribution >= 4 is 33.2 Å². The maximum Gasteiger partial charge on any atom is 0.0713 e. The van der Waals surface area contributed by atoms with Gasteiger partial charge in [-0.25, -0.2) is 0 Å². The quantitative estimate of drug-likeness (QED) is 0.148. The molecule has 2 unspecified atom stereocenters. The SMILES string of the molecule is CC(C)Cc1ccc(C2(c3cccc(-c4ccc(-c5cc(N6c7ccccc7C7C=CC=CC76)cc(-n6c7ccccc7c7ccccc76)c5)cc4)c3)c3ccccc3-c3ccccc32)cc1. The van der Waals surface area contributed by atoms with Crippen molar-refractivity contribution in [3.8, 4) is 39.1 Å². The molecule has 13 rings (SSSR count). The molecule has 0 radical (unpaired) electrons. The molecule has 67 heavy (non-hydrogen) atoms. The van der Waals surface area contributed by atoms with Crippen molar-refractivity contribution < 1.29 is 0 Å². The first kappa shape index (κ1) is 39.4. The van der Waals surface area contributed by atoms with Gasteiger partial charge in [0.15, 0.2) is 0 Å². The van der Waals surface area contributed by atoms with E-state index in [-0.39, 0.29) is 6.04 Å². The van der Waals surface area contributed by atoms with Crippen molar-refractivity contribution in [1.29, 1.82) is 0 Å². The largest absolute Gasteiger partial charge is 0.333 e. The van der Waals surface area contributed by atoms with E-state index in [0.717, 1.165) is 12.1 Å². The van der Waals surface area contributed by atoms with E-state index in [1.54, 1.807) is 0 Å². The van der Waals surface area contributed by atoms with Crippen LogP contribution in [0.2, 0.25) is 0 Å². The van der Waals surface area contributed by atoms with Crippen molar-refractivity contribution in [2.45, 2.75) is 37.6 Å². The zero-order chi connectivity index (χ0) is 44.6. The monoisotopic (exact) mass is 858 g/mol. The van der Waals surface area contributed by atoms with E-state index in [0.29, 0.717) is 11.8 Å². The first-order chi connectivity index (χ1) is 33.0. The Kier molecular flexibility index (Phi) is 9.18. The van der Waals surface area contributed by atoms with Crippen LogP contribution in [0, 0.1) is 5.92 Å². The summed E-state index contributed by atoms with van der Waals surface area (Å²) in [6.45, 7) is 4.60. The third-order valence-corrected chi connectivity index (χ3v) is 14.8. The maximum atomic E-state index is 2.56. The van der Waals surface area contributed by atoms with Crippen LogP contribution in [0.1, 0.15) is 53.1 Å². The lowest BCUT2D eigenvalue weighted by Crippen LogP contribution is -2.28. The molecule has 0 bridgehead atoms. The minimum absolute atomic E-state index is 0.193. The topological polar surface area (TPSA) is 8.17 Å². The summed E-state index contributed by atoms with van der Waals surface area (Å²) >= 11 is 0. The van der Waals surface area contributed by atoms with Crippen molar-refractivity contribution in [2.75, 3.05) is 4.90 Å². The lowest BCUT2D eigenvalue weighted by atomic mass is 9.67. The summed E-state index contributed by atoms with van der Waals surface area (Å²) in [6.07, 6.45) is 10.2. The van der Waals surface area contributed by atoms with Crippen LogP contribution in [-0.2, 0) is 11.8 Å². The molecule has 0 spiro atoms. The molecule has 1 aliphatic heterocycles. The van der Waals surface area contributed by atoms with E-state index in [9.17, 15) is 0 Å². The Hall–Kier alpha value is -7.94. The summed E-state index contributed by atoms with van der Waals surface area (Å²) in [5.74, 6) is 0.898. The number of hydrogen-bond acceptors (Lipinski definition) is 1. The highest BCUT2D eigenvalue weighted by atomic mass is 15.2. The second-order valence-electron chi connectivity index (χ2n) is 19.1. The molecule has 2 atom stereocenters. The van der Waals surface area contributed by atoms with Gasteiger partial charge in [-0.3, -0.25) is 0 Å². The highest BCUT2D eigenvalue weighted by molar-refractivity contribution is 6.09. The molecule has 0 amide bonds. The second-order valence-corrected chi connectivity index (χ2v) is 19.1. The van der Waals surface area contributed by atoms with Crippen LogP contribution < -0.4 is 4.90 Å². The number of fused-ring (bicyclic) bond motifs is 9. The van der Waals surface area contributed by atoms with Crippen LogP contribution in [0.15, 0.2) is 237 Å². The normalized spacial score (nSPS) is 16.4. The minimum atomic E-state index is -0.459. The molecule has 0 N–H and O–H groups in total. The van der Waals surface area contributed by atoms with Gasteiger partial charge in [0.2, 0.25) is 0 Å². The Labute approximate surface area is 393 Å². The lowest BCUT2D eigenvalue weighted by molar-refractivity contribution is 0.646. The predicted octanol–water partition coefficient (Wildman–Crippen LogP) is 16.4. The Morgan fingerprint density at radius 1 is 0.463 bits per heavy atom. The molecule has 9 aromatic carbocycles. The van der Waals surface area contributed by atoms with Crippen LogP contribution in [-0.4, -0.2) is 10.6 Å². The first-order valence-corrected chi connectivity index (χ1v) is 23.9. The van der Waals surface area contributed by atoms with Crippen molar-refractivity contribution in [3.63, 3.8) is 0 Å². The Bertz CT molecular complexity index is 3500. The van der Waals surface area contributed by atoms with Crippen molar-refractivity contribution in [1.82, 2.24) is 4.57 Å². The molecular formula is C65H50N2. The lowest BCUT2D eigenvalue weighted by Gasteiger charge is -2.34. The minimum Gasteiger partial charge on any atom is -0.333 e. The van der Waals surface area contributed by atoms with Crippen molar-refractivity contribution in [2.24, 2.45) is 5.92 Å². The highest BCUT2D eigenvalue weighted by Gasteiger charge is 2.46. The third-order valence-electron chi connectivity index (χ3n) is 14.8. The average molecular weight is 859 g/mol. The van der Waals surface area contributed by atoms with Gasteiger partial charge in [0.1, 0.15) is 0 Å². The third kappa shape index (κ3) is 6.16. The summed E-state index contributed by atoms with van der Waals surface area (Å²) in [4.78, 5) is 2.56. The standard InChI is InChI=1S/C65H50N2/c1-43(2)38-44-30-36-49(37-31-44)65(59-24-9-3-18-53(59)54-19-4-10-25-60(54)65)50-17-15-16-47(39-50)45-32-34-46(35-33-45)48-40-51(66-61-26-11-5-20-55(61)56-21-6-12-27-62(56)66)42-52(41-48)67-63-28-13-7-22-57(63)58-23-8-14-29-64(58)67/h3-37,39-43,55,61H,38H2,1-2H3. The summed E-state index contributed by atoms with van der Waals surface area (Å²) < 4.78 is 2.46. The smallest absolute Gasteiger partial charge is 0.0713 e. The van der Waals surface area contributed by atoms with Crippen LogP contribution in [0.4, 0.5) is 11.4 Å². The Morgan fingerprint density at radius 2 is 1.06 bits per heavy atom. The molecule has 3 aliphatic rings. The summed E-state index contributed by atoms with van der Waals surface area (Å²) in [5, 5.41) is 2.52. The second kappa shape index (κ2) is 15.6. The fraction of sp³-hybridized carbons (Fsp3) is 0.108. The number of allylic oxidation sites excluding steroid dienone is 2.